The minimum absolute atomic E-state index is 0.726. The standard InChI is InChI=1S/C27H25N3/c1-3-10-22-18-23(19-30-17-16-28-20-30)27(25-14-8-9-15-29-25)26(24(22)11-4-2)21-12-6-5-7-13-21/h3-9,12-18,20H,1-2,10-11,19H2. The van der Waals surface area contributed by atoms with Crippen LogP contribution in [0.2, 0.25) is 0 Å². The van der Waals surface area contributed by atoms with Gasteiger partial charge in [0.15, 0.2) is 0 Å². The van der Waals surface area contributed by atoms with Gasteiger partial charge in [-0.2, -0.15) is 0 Å². The van der Waals surface area contributed by atoms with E-state index in [0.29, 0.717) is 0 Å². The second kappa shape index (κ2) is 9.19. The van der Waals surface area contributed by atoms with Crippen molar-refractivity contribution in [2.24, 2.45) is 0 Å². The summed E-state index contributed by atoms with van der Waals surface area (Å²) in [6.07, 6.45) is 13.1. The number of rotatable bonds is 8. The minimum atomic E-state index is 0.726. The van der Waals surface area contributed by atoms with E-state index in [1.54, 1.807) is 0 Å². The van der Waals surface area contributed by atoms with Gasteiger partial charge in [0.25, 0.3) is 0 Å². The predicted molar refractivity (Wildman–Crippen MR) is 124 cm³/mol. The van der Waals surface area contributed by atoms with E-state index in [4.69, 9.17) is 4.98 Å². The molecule has 0 bridgehead atoms. The quantitative estimate of drug-likeness (QED) is 0.339. The topological polar surface area (TPSA) is 30.7 Å². The normalized spacial score (nSPS) is 10.7. The summed E-state index contributed by atoms with van der Waals surface area (Å²) in [6, 6.07) is 19.0. The molecule has 2 aromatic carbocycles. The summed E-state index contributed by atoms with van der Waals surface area (Å²) >= 11 is 0. The van der Waals surface area contributed by atoms with E-state index in [9.17, 15) is 0 Å². The summed E-state index contributed by atoms with van der Waals surface area (Å²) in [4.78, 5) is 8.96. The molecule has 0 saturated heterocycles. The molecule has 2 aromatic heterocycles. The molecule has 3 heteroatoms. The molecule has 30 heavy (non-hydrogen) atoms. The number of imidazole rings is 1. The first kappa shape index (κ1) is 19.6. The van der Waals surface area contributed by atoms with Gasteiger partial charge in [0, 0.05) is 30.7 Å². The molecule has 0 N–H and O–H groups in total. The maximum Gasteiger partial charge on any atom is 0.0949 e. The molecule has 0 spiro atoms. The van der Waals surface area contributed by atoms with Crippen LogP contribution in [0.1, 0.15) is 16.7 Å². The van der Waals surface area contributed by atoms with E-state index in [1.807, 2.05) is 49.2 Å². The number of pyridine rings is 1. The van der Waals surface area contributed by atoms with E-state index < -0.39 is 0 Å². The van der Waals surface area contributed by atoms with Crippen molar-refractivity contribution in [3.05, 3.63) is 122 Å². The molecule has 4 aromatic rings. The van der Waals surface area contributed by atoms with Gasteiger partial charge >= 0.3 is 0 Å². The zero-order valence-corrected chi connectivity index (χ0v) is 17.0. The van der Waals surface area contributed by atoms with Crippen LogP contribution in [0.4, 0.5) is 0 Å². The van der Waals surface area contributed by atoms with Gasteiger partial charge in [-0.3, -0.25) is 4.98 Å². The van der Waals surface area contributed by atoms with Gasteiger partial charge in [0.2, 0.25) is 0 Å². The third-order valence-electron chi connectivity index (χ3n) is 5.22. The number of hydrogen-bond acceptors (Lipinski definition) is 2. The summed E-state index contributed by atoms with van der Waals surface area (Å²) in [6.45, 7) is 8.74. The maximum absolute atomic E-state index is 4.73. The van der Waals surface area contributed by atoms with Crippen molar-refractivity contribution in [1.29, 1.82) is 0 Å². The summed E-state index contributed by atoms with van der Waals surface area (Å²) in [5.41, 5.74) is 8.33. The van der Waals surface area contributed by atoms with Crippen LogP contribution in [0.15, 0.2) is 105 Å². The molecule has 0 amide bonds. The van der Waals surface area contributed by atoms with E-state index in [0.717, 1.165) is 25.1 Å². The zero-order chi connectivity index (χ0) is 20.8. The van der Waals surface area contributed by atoms with Crippen LogP contribution in [0, 0.1) is 0 Å². The van der Waals surface area contributed by atoms with Gasteiger partial charge in [0.1, 0.15) is 0 Å². The second-order valence-corrected chi connectivity index (χ2v) is 7.22. The molecular formula is C27H25N3. The smallest absolute Gasteiger partial charge is 0.0949 e. The van der Waals surface area contributed by atoms with Crippen LogP contribution in [0.3, 0.4) is 0 Å². The fourth-order valence-electron chi connectivity index (χ4n) is 3.98. The van der Waals surface area contributed by atoms with Gasteiger partial charge < -0.3 is 4.57 Å². The number of benzene rings is 2. The van der Waals surface area contributed by atoms with Gasteiger partial charge in [-0.25, -0.2) is 4.98 Å². The molecule has 0 fully saturated rings. The fourth-order valence-corrected chi connectivity index (χ4v) is 3.98. The van der Waals surface area contributed by atoms with Crippen molar-refractivity contribution in [1.82, 2.24) is 14.5 Å². The Morgan fingerprint density at radius 3 is 2.30 bits per heavy atom. The summed E-state index contributed by atoms with van der Waals surface area (Å²) < 4.78 is 2.10. The van der Waals surface area contributed by atoms with Crippen molar-refractivity contribution < 1.29 is 0 Å². The number of aromatic nitrogens is 3. The van der Waals surface area contributed by atoms with E-state index in [2.05, 4.69) is 65.2 Å². The van der Waals surface area contributed by atoms with Crippen LogP contribution in [0.25, 0.3) is 22.4 Å². The van der Waals surface area contributed by atoms with E-state index in [-0.39, 0.29) is 0 Å². The molecule has 0 aliphatic rings. The van der Waals surface area contributed by atoms with Crippen molar-refractivity contribution in [3.63, 3.8) is 0 Å². The highest BCUT2D eigenvalue weighted by Gasteiger charge is 2.20. The number of nitrogens with zero attached hydrogens (tertiary/aromatic N) is 3. The van der Waals surface area contributed by atoms with Crippen LogP contribution in [-0.4, -0.2) is 14.5 Å². The fraction of sp³-hybridized carbons (Fsp3) is 0.111. The molecular weight excluding hydrogens is 366 g/mol. The SMILES string of the molecule is C=CCc1cc(Cn2ccnc2)c(-c2ccccn2)c(-c2ccccc2)c1CC=C. The average Bonchev–Trinajstić information content (AvgIpc) is 3.30. The lowest BCUT2D eigenvalue weighted by Gasteiger charge is -2.22. The monoisotopic (exact) mass is 391 g/mol. The second-order valence-electron chi connectivity index (χ2n) is 7.22. The van der Waals surface area contributed by atoms with Gasteiger partial charge in [-0.1, -0.05) is 54.6 Å². The van der Waals surface area contributed by atoms with Crippen molar-refractivity contribution in [3.8, 4) is 22.4 Å². The Kier molecular flexibility index (Phi) is 6.00. The largest absolute Gasteiger partial charge is 0.333 e. The Hall–Kier alpha value is -3.72. The predicted octanol–water partition coefficient (Wildman–Crippen LogP) is 6.12. The third kappa shape index (κ3) is 4.01. The molecule has 0 atom stereocenters. The lowest BCUT2D eigenvalue weighted by molar-refractivity contribution is 0.796. The Balaban J connectivity index is 2.08. The molecule has 3 nitrogen and oxygen atoms in total. The molecule has 0 radical (unpaired) electrons. The summed E-state index contributed by atoms with van der Waals surface area (Å²) in [5.74, 6) is 0. The summed E-state index contributed by atoms with van der Waals surface area (Å²) in [5, 5.41) is 0. The highest BCUT2D eigenvalue weighted by atomic mass is 15.0. The van der Waals surface area contributed by atoms with Crippen molar-refractivity contribution >= 4 is 0 Å². The van der Waals surface area contributed by atoms with Crippen LogP contribution < -0.4 is 0 Å². The summed E-state index contributed by atoms with van der Waals surface area (Å²) in [7, 11) is 0. The third-order valence-corrected chi connectivity index (χ3v) is 5.22. The lowest BCUT2D eigenvalue weighted by atomic mass is 9.83. The Bertz CT molecular complexity index is 1130. The van der Waals surface area contributed by atoms with Gasteiger partial charge in [-0.05, 0) is 52.8 Å². The lowest BCUT2D eigenvalue weighted by Crippen LogP contribution is -2.07. The first-order valence-electron chi connectivity index (χ1n) is 10.1. The molecule has 0 saturated carbocycles. The Labute approximate surface area is 178 Å². The molecule has 0 aliphatic carbocycles. The molecule has 4 rings (SSSR count). The van der Waals surface area contributed by atoms with Gasteiger partial charge in [-0.15, -0.1) is 13.2 Å². The maximum atomic E-state index is 4.73. The van der Waals surface area contributed by atoms with E-state index >= 15 is 0 Å². The molecule has 0 unspecified atom stereocenters. The number of hydrogen-bond donors (Lipinski definition) is 0. The van der Waals surface area contributed by atoms with Crippen LogP contribution in [0.5, 0.6) is 0 Å². The van der Waals surface area contributed by atoms with Crippen LogP contribution >= 0.6 is 0 Å². The first-order chi connectivity index (χ1) is 14.8. The Morgan fingerprint density at radius 1 is 0.833 bits per heavy atom. The van der Waals surface area contributed by atoms with Crippen molar-refractivity contribution in [2.45, 2.75) is 19.4 Å². The minimum Gasteiger partial charge on any atom is -0.333 e. The Morgan fingerprint density at radius 2 is 1.63 bits per heavy atom. The molecule has 148 valence electrons. The van der Waals surface area contributed by atoms with E-state index in [1.165, 1.54) is 33.4 Å². The number of allylic oxidation sites excluding steroid dienone is 2. The highest BCUT2D eigenvalue weighted by molar-refractivity contribution is 5.87. The van der Waals surface area contributed by atoms with Gasteiger partial charge in [0.05, 0.1) is 12.0 Å². The average molecular weight is 392 g/mol. The van der Waals surface area contributed by atoms with Crippen molar-refractivity contribution in [2.75, 3.05) is 0 Å². The zero-order valence-electron chi connectivity index (χ0n) is 17.0. The highest BCUT2D eigenvalue weighted by Crippen LogP contribution is 2.40. The van der Waals surface area contributed by atoms with Crippen LogP contribution in [-0.2, 0) is 19.4 Å². The first-order valence-corrected chi connectivity index (χ1v) is 10.1. The molecule has 0 aliphatic heterocycles. The molecule has 2 heterocycles.